The van der Waals surface area contributed by atoms with Gasteiger partial charge in [0.25, 0.3) is 0 Å². The number of nitrogen functional groups attached to an aromatic ring is 1. The largest absolute Gasteiger partial charge is 0.394 e. The van der Waals surface area contributed by atoms with E-state index in [2.05, 4.69) is 23.8 Å². The van der Waals surface area contributed by atoms with Gasteiger partial charge < -0.3 is 15.4 Å². The second kappa shape index (κ2) is 3.41. The number of aryl methyl sites for hydroxylation is 1. The third-order valence-corrected chi connectivity index (χ3v) is 2.74. The summed E-state index contributed by atoms with van der Waals surface area (Å²) in [5.41, 5.74) is 6.62. The molecular weight excluding hydrogens is 192 g/mol. The monoisotopic (exact) mass is 210 g/mol. The standard InChI is InChI=1S/C10H18N4O/c1-10(2)7-15-5-4-14(10)9-8(11)6-13(3)12-9/h6H,4-5,7,11H2,1-3H3. The highest BCUT2D eigenvalue weighted by Gasteiger charge is 2.33. The zero-order chi connectivity index (χ0) is 11.1. The Hall–Kier alpha value is -1.23. The average molecular weight is 210 g/mol. The molecule has 1 saturated heterocycles. The molecule has 0 unspecified atom stereocenters. The predicted molar refractivity (Wildman–Crippen MR) is 59.9 cm³/mol. The second-order valence-electron chi connectivity index (χ2n) is 4.60. The van der Waals surface area contributed by atoms with Crippen LogP contribution in [-0.2, 0) is 11.8 Å². The summed E-state index contributed by atoms with van der Waals surface area (Å²) in [6, 6.07) is 0. The number of rotatable bonds is 1. The van der Waals surface area contributed by atoms with Crippen LogP contribution in [-0.4, -0.2) is 35.1 Å². The lowest BCUT2D eigenvalue weighted by atomic mass is 10.0. The zero-order valence-corrected chi connectivity index (χ0v) is 9.53. The van der Waals surface area contributed by atoms with Gasteiger partial charge in [0.1, 0.15) is 0 Å². The number of ether oxygens (including phenoxy) is 1. The van der Waals surface area contributed by atoms with Gasteiger partial charge in [-0.1, -0.05) is 0 Å². The maximum atomic E-state index is 5.93. The summed E-state index contributed by atoms with van der Waals surface area (Å²) in [7, 11) is 1.88. The first-order valence-electron chi connectivity index (χ1n) is 5.15. The summed E-state index contributed by atoms with van der Waals surface area (Å²) in [4.78, 5) is 2.21. The summed E-state index contributed by atoms with van der Waals surface area (Å²) in [5, 5.41) is 4.39. The van der Waals surface area contributed by atoms with E-state index in [0.717, 1.165) is 24.7 Å². The van der Waals surface area contributed by atoms with E-state index in [0.29, 0.717) is 6.61 Å². The number of nitrogens with two attached hydrogens (primary N) is 1. The first-order chi connectivity index (χ1) is 7.00. The van der Waals surface area contributed by atoms with E-state index in [-0.39, 0.29) is 5.54 Å². The molecule has 0 amide bonds. The van der Waals surface area contributed by atoms with Crippen LogP contribution in [0.2, 0.25) is 0 Å². The lowest BCUT2D eigenvalue weighted by Gasteiger charge is -2.42. The molecule has 1 aliphatic heterocycles. The van der Waals surface area contributed by atoms with E-state index in [9.17, 15) is 0 Å². The molecule has 1 fully saturated rings. The fourth-order valence-corrected chi connectivity index (χ4v) is 1.96. The molecule has 84 valence electrons. The predicted octanol–water partition coefficient (Wildman–Crippen LogP) is 0.617. The van der Waals surface area contributed by atoms with Gasteiger partial charge in [0.2, 0.25) is 0 Å². The van der Waals surface area contributed by atoms with Gasteiger partial charge in [0, 0.05) is 19.8 Å². The fourth-order valence-electron chi connectivity index (χ4n) is 1.96. The fraction of sp³-hybridized carbons (Fsp3) is 0.700. The van der Waals surface area contributed by atoms with Crippen molar-refractivity contribution >= 4 is 11.5 Å². The van der Waals surface area contributed by atoms with E-state index >= 15 is 0 Å². The van der Waals surface area contributed by atoms with Crippen molar-refractivity contribution in [3.05, 3.63) is 6.20 Å². The Morgan fingerprint density at radius 2 is 2.27 bits per heavy atom. The maximum absolute atomic E-state index is 5.93. The first kappa shape index (κ1) is 10.3. The molecule has 0 saturated carbocycles. The van der Waals surface area contributed by atoms with Crippen molar-refractivity contribution in [2.45, 2.75) is 19.4 Å². The molecule has 0 aliphatic carbocycles. The Kier molecular flexibility index (Phi) is 2.34. The van der Waals surface area contributed by atoms with E-state index < -0.39 is 0 Å². The molecule has 1 aromatic rings. The molecule has 5 heteroatoms. The number of nitrogens with zero attached hydrogens (tertiary/aromatic N) is 3. The Balaban J connectivity index is 2.32. The second-order valence-corrected chi connectivity index (χ2v) is 4.60. The van der Waals surface area contributed by atoms with Crippen molar-refractivity contribution in [3.8, 4) is 0 Å². The Labute approximate surface area is 89.8 Å². The van der Waals surface area contributed by atoms with Crippen LogP contribution in [0.15, 0.2) is 6.20 Å². The average Bonchev–Trinajstić information content (AvgIpc) is 2.44. The third-order valence-electron chi connectivity index (χ3n) is 2.74. The molecule has 2 heterocycles. The molecule has 0 atom stereocenters. The lowest BCUT2D eigenvalue weighted by Crippen LogP contribution is -2.53. The van der Waals surface area contributed by atoms with Crippen LogP contribution in [0.25, 0.3) is 0 Å². The van der Waals surface area contributed by atoms with Gasteiger partial charge >= 0.3 is 0 Å². The van der Waals surface area contributed by atoms with Gasteiger partial charge in [0.15, 0.2) is 5.82 Å². The smallest absolute Gasteiger partial charge is 0.174 e. The van der Waals surface area contributed by atoms with E-state index in [1.807, 2.05) is 13.2 Å². The third kappa shape index (κ3) is 1.79. The van der Waals surface area contributed by atoms with E-state index in [1.54, 1.807) is 4.68 Å². The Bertz CT molecular complexity index is 358. The number of morpholine rings is 1. The van der Waals surface area contributed by atoms with Crippen molar-refractivity contribution in [2.75, 3.05) is 30.4 Å². The molecule has 0 bridgehead atoms. The number of aromatic nitrogens is 2. The number of hydrogen-bond donors (Lipinski definition) is 1. The van der Waals surface area contributed by atoms with Gasteiger partial charge in [-0.05, 0) is 13.8 Å². The lowest BCUT2D eigenvalue weighted by molar-refractivity contribution is 0.0639. The zero-order valence-electron chi connectivity index (χ0n) is 9.53. The Morgan fingerprint density at radius 1 is 1.53 bits per heavy atom. The maximum Gasteiger partial charge on any atom is 0.174 e. The van der Waals surface area contributed by atoms with Gasteiger partial charge in [-0.3, -0.25) is 4.68 Å². The molecular formula is C10H18N4O. The van der Waals surface area contributed by atoms with Gasteiger partial charge in [-0.25, -0.2) is 0 Å². The van der Waals surface area contributed by atoms with Crippen molar-refractivity contribution in [3.63, 3.8) is 0 Å². The molecule has 5 nitrogen and oxygen atoms in total. The Morgan fingerprint density at radius 3 is 2.80 bits per heavy atom. The van der Waals surface area contributed by atoms with Gasteiger partial charge in [-0.15, -0.1) is 0 Å². The van der Waals surface area contributed by atoms with Crippen LogP contribution in [0.1, 0.15) is 13.8 Å². The molecule has 0 radical (unpaired) electrons. The van der Waals surface area contributed by atoms with Crippen molar-refractivity contribution in [1.82, 2.24) is 9.78 Å². The van der Waals surface area contributed by atoms with E-state index in [4.69, 9.17) is 10.5 Å². The minimum Gasteiger partial charge on any atom is -0.394 e. The SMILES string of the molecule is Cn1cc(N)c(N2CCOCC2(C)C)n1. The molecule has 1 aromatic heterocycles. The molecule has 0 spiro atoms. The highest BCUT2D eigenvalue weighted by molar-refractivity contribution is 5.63. The van der Waals surface area contributed by atoms with Crippen LogP contribution in [0.3, 0.4) is 0 Å². The minimum atomic E-state index is -0.0409. The van der Waals surface area contributed by atoms with E-state index in [1.165, 1.54) is 0 Å². The van der Waals surface area contributed by atoms with Crippen LogP contribution < -0.4 is 10.6 Å². The highest BCUT2D eigenvalue weighted by Crippen LogP contribution is 2.29. The molecule has 2 rings (SSSR count). The topological polar surface area (TPSA) is 56.3 Å². The molecule has 15 heavy (non-hydrogen) atoms. The summed E-state index contributed by atoms with van der Waals surface area (Å²) < 4.78 is 7.21. The van der Waals surface area contributed by atoms with Crippen LogP contribution in [0.4, 0.5) is 11.5 Å². The highest BCUT2D eigenvalue weighted by atomic mass is 16.5. The summed E-state index contributed by atoms with van der Waals surface area (Å²) >= 11 is 0. The van der Waals surface area contributed by atoms with Gasteiger partial charge in [-0.2, -0.15) is 5.10 Å². The summed E-state index contributed by atoms with van der Waals surface area (Å²) in [5.74, 6) is 0.866. The van der Waals surface area contributed by atoms with Gasteiger partial charge in [0.05, 0.1) is 24.4 Å². The molecule has 1 aliphatic rings. The van der Waals surface area contributed by atoms with Crippen LogP contribution >= 0.6 is 0 Å². The molecule has 0 aromatic carbocycles. The number of hydrogen-bond acceptors (Lipinski definition) is 4. The van der Waals surface area contributed by atoms with Crippen LogP contribution in [0, 0.1) is 0 Å². The normalized spacial score (nSPS) is 20.6. The quantitative estimate of drug-likeness (QED) is 0.738. The van der Waals surface area contributed by atoms with Crippen molar-refractivity contribution in [1.29, 1.82) is 0 Å². The van der Waals surface area contributed by atoms with Crippen molar-refractivity contribution in [2.24, 2.45) is 7.05 Å². The van der Waals surface area contributed by atoms with Crippen molar-refractivity contribution < 1.29 is 4.74 Å². The molecule has 2 N–H and O–H groups in total. The summed E-state index contributed by atoms with van der Waals surface area (Å²) in [6.45, 7) is 6.57. The first-order valence-corrected chi connectivity index (χ1v) is 5.15. The van der Waals surface area contributed by atoms with Crippen LogP contribution in [0.5, 0.6) is 0 Å². The summed E-state index contributed by atoms with van der Waals surface area (Å²) in [6.07, 6.45) is 1.83. The number of anilines is 2. The minimum absolute atomic E-state index is 0.0409.